The lowest BCUT2D eigenvalue weighted by atomic mass is 10.0. The highest BCUT2D eigenvalue weighted by Crippen LogP contribution is 2.34. The number of amides is 1. The van der Waals surface area contributed by atoms with Crippen LogP contribution in [0.1, 0.15) is 42.2 Å². The molecule has 3 aromatic heterocycles. The van der Waals surface area contributed by atoms with Crippen LogP contribution in [0, 0.1) is 12.8 Å². The molecule has 1 N–H and O–H groups in total. The summed E-state index contributed by atoms with van der Waals surface area (Å²) in [5.74, 6) is -0.768. The number of halogens is 1. The Hall–Kier alpha value is -3.42. The number of aryl methyl sites for hydroxylation is 2. The first-order chi connectivity index (χ1) is 14.8. The zero-order chi connectivity index (χ0) is 22.3. The predicted molar refractivity (Wildman–Crippen MR) is 116 cm³/mol. The van der Waals surface area contributed by atoms with Crippen molar-refractivity contribution in [2.45, 2.75) is 39.3 Å². The highest BCUT2D eigenvalue weighted by Gasteiger charge is 2.43. The van der Waals surface area contributed by atoms with Crippen LogP contribution in [0.2, 0.25) is 0 Å². The second-order valence-corrected chi connectivity index (χ2v) is 7.96. The van der Waals surface area contributed by atoms with Crippen LogP contribution in [0.3, 0.4) is 0 Å². The van der Waals surface area contributed by atoms with Gasteiger partial charge in [-0.15, -0.1) is 0 Å². The standard InChI is InChI=1S/C23H23FN4O3/c1-4-5-20(29)18-6-12(2)16(11-25-18)14-7-13-10-26-21(9-19(13)28(3)23(14)31)27-22(30)15-8-17(15)24/h6-7,9-11,15,17H,4-5,8H2,1-3H3,(H,26,27,30). The Bertz CT molecular complexity index is 1270. The molecular formula is C23H23FN4O3. The summed E-state index contributed by atoms with van der Waals surface area (Å²) in [4.78, 5) is 45.7. The van der Waals surface area contributed by atoms with Crippen molar-refractivity contribution >= 4 is 28.4 Å². The molecule has 0 aromatic carbocycles. The number of ketones is 1. The Balaban J connectivity index is 1.71. The molecule has 0 aliphatic heterocycles. The largest absolute Gasteiger partial charge is 0.311 e. The Morgan fingerprint density at radius 3 is 2.58 bits per heavy atom. The molecule has 1 amide bonds. The molecule has 31 heavy (non-hydrogen) atoms. The van der Waals surface area contributed by atoms with Crippen LogP contribution in [0.25, 0.3) is 22.0 Å². The Kier molecular flexibility index (Phi) is 5.39. The van der Waals surface area contributed by atoms with Gasteiger partial charge in [0, 0.05) is 48.4 Å². The van der Waals surface area contributed by atoms with Gasteiger partial charge in [-0.05, 0) is 37.5 Å². The molecule has 4 rings (SSSR count). The van der Waals surface area contributed by atoms with Gasteiger partial charge in [-0.25, -0.2) is 9.37 Å². The van der Waals surface area contributed by atoms with Gasteiger partial charge in [0.25, 0.3) is 5.56 Å². The van der Waals surface area contributed by atoms with Gasteiger partial charge in [0.05, 0.1) is 11.4 Å². The summed E-state index contributed by atoms with van der Waals surface area (Å²) in [5, 5.41) is 3.31. The van der Waals surface area contributed by atoms with Crippen molar-refractivity contribution in [3.05, 3.63) is 52.2 Å². The van der Waals surface area contributed by atoms with E-state index in [4.69, 9.17) is 0 Å². The van der Waals surface area contributed by atoms with Crippen molar-refractivity contribution in [1.82, 2.24) is 14.5 Å². The van der Waals surface area contributed by atoms with Gasteiger partial charge >= 0.3 is 0 Å². The summed E-state index contributed by atoms with van der Waals surface area (Å²) in [6, 6.07) is 5.04. The Labute approximate surface area is 178 Å². The number of anilines is 1. The summed E-state index contributed by atoms with van der Waals surface area (Å²) >= 11 is 0. The van der Waals surface area contributed by atoms with Crippen LogP contribution >= 0.6 is 0 Å². The number of fused-ring (bicyclic) bond motifs is 1. The number of carbonyl (C=O) groups is 2. The van der Waals surface area contributed by atoms with Crippen LogP contribution in [-0.2, 0) is 11.8 Å². The van der Waals surface area contributed by atoms with Gasteiger partial charge < -0.3 is 9.88 Å². The zero-order valence-electron chi connectivity index (χ0n) is 17.6. The van der Waals surface area contributed by atoms with Gasteiger partial charge in [0.15, 0.2) is 5.78 Å². The van der Waals surface area contributed by atoms with Crippen LogP contribution in [0.4, 0.5) is 10.2 Å². The highest BCUT2D eigenvalue weighted by molar-refractivity contribution is 5.96. The molecule has 2 unspecified atom stereocenters. The first kappa shape index (κ1) is 20.8. The summed E-state index contributed by atoms with van der Waals surface area (Å²) in [6.07, 6.45) is 3.45. The maximum absolute atomic E-state index is 13.1. The number of nitrogens with zero attached hydrogens (tertiary/aromatic N) is 3. The third-order valence-corrected chi connectivity index (χ3v) is 5.57. The van der Waals surface area contributed by atoms with E-state index < -0.39 is 18.0 Å². The van der Waals surface area contributed by atoms with Crippen molar-refractivity contribution in [3.8, 4) is 11.1 Å². The van der Waals surface area contributed by atoms with Crippen molar-refractivity contribution in [1.29, 1.82) is 0 Å². The minimum Gasteiger partial charge on any atom is -0.311 e. The molecular weight excluding hydrogens is 399 g/mol. The number of Topliss-reactive ketones (excluding diaryl/α,β-unsaturated/α-hetero) is 1. The zero-order valence-corrected chi connectivity index (χ0v) is 17.6. The van der Waals surface area contributed by atoms with E-state index in [9.17, 15) is 18.8 Å². The molecule has 1 fully saturated rings. The summed E-state index contributed by atoms with van der Waals surface area (Å²) < 4.78 is 14.6. The molecule has 7 nitrogen and oxygen atoms in total. The monoisotopic (exact) mass is 422 g/mol. The van der Waals surface area contributed by atoms with Gasteiger partial charge in [-0.2, -0.15) is 0 Å². The van der Waals surface area contributed by atoms with Crippen LogP contribution in [0.5, 0.6) is 0 Å². The van der Waals surface area contributed by atoms with E-state index in [1.807, 2.05) is 13.8 Å². The lowest BCUT2D eigenvalue weighted by molar-refractivity contribution is -0.117. The van der Waals surface area contributed by atoms with Gasteiger partial charge in [-0.3, -0.25) is 19.4 Å². The molecule has 1 aliphatic rings. The smallest absolute Gasteiger partial charge is 0.258 e. The number of nitrogens with one attached hydrogen (secondary N) is 1. The average molecular weight is 422 g/mol. The minimum atomic E-state index is -1.09. The second kappa shape index (κ2) is 8.02. The van der Waals surface area contributed by atoms with Gasteiger partial charge in [0.1, 0.15) is 17.7 Å². The van der Waals surface area contributed by atoms with Crippen molar-refractivity contribution in [2.75, 3.05) is 5.32 Å². The molecule has 1 saturated carbocycles. The first-order valence-electron chi connectivity index (χ1n) is 10.2. The van der Waals surface area contributed by atoms with E-state index >= 15 is 0 Å². The Morgan fingerprint density at radius 1 is 1.19 bits per heavy atom. The topological polar surface area (TPSA) is 94.0 Å². The minimum absolute atomic E-state index is 0.0207. The molecule has 0 saturated heterocycles. The summed E-state index contributed by atoms with van der Waals surface area (Å²) in [5.41, 5.74) is 2.63. The number of aromatic nitrogens is 3. The maximum atomic E-state index is 13.1. The van der Waals surface area contributed by atoms with E-state index in [0.29, 0.717) is 34.1 Å². The van der Waals surface area contributed by atoms with E-state index in [1.54, 1.807) is 37.6 Å². The second-order valence-electron chi connectivity index (χ2n) is 7.96. The maximum Gasteiger partial charge on any atom is 0.258 e. The number of hydrogen-bond acceptors (Lipinski definition) is 5. The normalized spacial score (nSPS) is 17.5. The number of carbonyl (C=O) groups excluding carboxylic acids is 2. The lowest BCUT2D eigenvalue weighted by Gasteiger charge is -2.12. The van der Waals surface area contributed by atoms with Crippen molar-refractivity contribution < 1.29 is 14.0 Å². The number of alkyl halides is 1. The fraction of sp³-hybridized carbons (Fsp3) is 0.348. The Morgan fingerprint density at radius 2 is 1.94 bits per heavy atom. The molecule has 3 aromatic rings. The molecule has 8 heteroatoms. The number of hydrogen-bond donors (Lipinski definition) is 1. The molecule has 0 spiro atoms. The van der Waals surface area contributed by atoms with Crippen molar-refractivity contribution in [3.63, 3.8) is 0 Å². The fourth-order valence-electron chi connectivity index (χ4n) is 3.63. The van der Waals surface area contributed by atoms with E-state index in [2.05, 4.69) is 15.3 Å². The first-order valence-corrected chi connectivity index (χ1v) is 10.2. The molecule has 1 aliphatic carbocycles. The lowest BCUT2D eigenvalue weighted by Crippen LogP contribution is -2.20. The summed E-state index contributed by atoms with van der Waals surface area (Å²) in [6.45, 7) is 3.78. The van der Waals surface area contributed by atoms with Gasteiger partial charge in [0.2, 0.25) is 5.91 Å². The third-order valence-electron chi connectivity index (χ3n) is 5.57. The molecule has 3 heterocycles. The van der Waals surface area contributed by atoms with Crippen LogP contribution in [0.15, 0.2) is 35.4 Å². The quantitative estimate of drug-likeness (QED) is 0.613. The SMILES string of the molecule is CCCC(=O)c1cc(C)c(-c2cc3cnc(NC(=O)C4CC4F)cc3n(C)c2=O)cn1. The number of pyridine rings is 3. The molecule has 160 valence electrons. The van der Waals surface area contributed by atoms with E-state index in [-0.39, 0.29) is 23.6 Å². The number of rotatable bonds is 6. The van der Waals surface area contributed by atoms with Crippen LogP contribution < -0.4 is 10.9 Å². The van der Waals surface area contributed by atoms with Gasteiger partial charge in [-0.1, -0.05) is 6.92 Å². The highest BCUT2D eigenvalue weighted by atomic mass is 19.1. The fourth-order valence-corrected chi connectivity index (χ4v) is 3.63. The molecule has 0 bridgehead atoms. The molecule has 0 radical (unpaired) electrons. The average Bonchev–Trinajstić information content (AvgIpc) is 3.48. The van der Waals surface area contributed by atoms with Crippen molar-refractivity contribution in [2.24, 2.45) is 13.0 Å². The van der Waals surface area contributed by atoms with E-state index in [1.165, 1.54) is 4.57 Å². The predicted octanol–water partition coefficient (Wildman–Crippen LogP) is 3.58. The van der Waals surface area contributed by atoms with Crippen LogP contribution in [-0.4, -0.2) is 32.4 Å². The summed E-state index contributed by atoms with van der Waals surface area (Å²) in [7, 11) is 1.64. The molecule has 2 atom stereocenters. The van der Waals surface area contributed by atoms with E-state index in [0.717, 1.165) is 12.0 Å². The third kappa shape index (κ3) is 3.97.